The maximum atomic E-state index is 13.5. The molecule has 2 aromatic heterocycles. The fourth-order valence-corrected chi connectivity index (χ4v) is 1.87. The Morgan fingerprint density at radius 3 is 3.00 bits per heavy atom. The van der Waals surface area contributed by atoms with Gasteiger partial charge in [0.2, 0.25) is 5.78 Å². The van der Waals surface area contributed by atoms with Crippen LogP contribution in [0.3, 0.4) is 0 Å². The number of rotatable bonds is 4. The number of imidazole rings is 1. The quantitative estimate of drug-likeness (QED) is 0.795. The molecule has 0 spiro atoms. The van der Waals surface area contributed by atoms with Crippen molar-refractivity contribution >= 4 is 11.7 Å². The average Bonchev–Trinajstić information content (AvgIpc) is 2.87. The van der Waals surface area contributed by atoms with E-state index in [1.165, 1.54) is 6.07 Å². The number of carboxylic acids is 1. The van der Waals surface area contributed by atoms with Crippen LogP contribution in [0.4, 0.5) is 4.39 Å². The lowest BCUT2D eigenvalue weighted by Crippen LogP contribution is -2.02. The van der Waals surface area contributed by atoms with E-state index in [0.717, 1.165) is 12.1 Å². The molecule has 0 radical (unpaired) electrons. The number of ether oxygens (including phenoxy) is 1. The van der Waals surface area contributed by atoms with Crippen molar-refractivity contribution in [1.29, 1.82) is 0 Å². The second-order valence-electron chi connectivity index (χ2n) is 4.29. The summed E-state index contributed by atoms with van der Waals surface area (Å²) in [4.78, 5) is 19.0. The van der Waals surface area contributed by atoms with Crippen LogP contribution in [0.2, 0.25) is 0 Å². The molecule has 0 aliphatic carbocycles. The molecule has 3 aromatic rings. The molecule has 106 valence electrons. The van der Waals surface area contributed by atoms with E-state index in [2.05, 4.69) is 9.97 Å². The van der Waals surface area contributed by atoms with Crippen molar-refractivity contribution < 1.29 is 19.0 Å². The maximum absolute atomic E-state index is 13.5. The molecule has 1 N–H and O–H groups in total. The van der Waals surface area contributed by atoms with Gasteiger partial charge in [-0.05, 0) is 18.2 Å². The minimum absolute atomic E-state index is 0.134. The highest BCUT2D eigenvalue weighted by molar-refractivity contribution is 5.88. The number of carboxylic acid groups (broad SMARTS) is 1. The van der Waals surface area contributed by atoms with Gasteiger partial charge in [-0.2, -0.15) is 0 Å². The van der Waals surface area contributed by atoms with Gasteiger partial charge in [0.05, 0.1) is 11.3 Å². The number of hydrogen-bond acceptors (Lipinski definition) is 4. The van der Waals surface area contributed by atoms with Crippen LogP contribution in [0.15, 0.2) is 42.9 Å². The SMILES string of the molecule is O=C(O)c1ccc(OCc2cn3cccnc3n2)cc1F. The first-order valence-corrected chi connectivity index (χ1v) is 6.08. The number of nitrogens with zero attached hydrogens (tertiary/aromatic N) is 3. The molecule has 21 heavy (non-hydrogen) atoms. The predicted molar refractivity (Wildman–Crippen MR) is 70.7 cm³/mol. The van der Waals surface area contributed by atoms with Crippen LogP contribution in [-0.2, 0) is 6.61 Å². The number of aromatic carboxylic acids is 1. The summed E-state index contributed by atoms with van der Waals surface area (Å²) in [5, 5.41) is 8.74. The summed E-state index contributed by atoms with van der Waals surface area (Å²) >= 11 is 0. The Morgan fingerprint density at radius 2 is 2.29 bits per heavy atom. The van der Waals surface area contributed by atoms with Gasteiger partial charge in [0.25, 0.3) is 0 Å². The minimum atomic E-state index is -1.31. The third-order valence-electron chi connectivity index (χ3n) is 2.84. The molecule has 0 saturated carbocycles. The molecule has 0 saturated heterocycles. The average molecular weight is 287 g/mol. The number of aromatic nitrogens is 3. The Labute approximate surface area is 118 Å². The van der Waals surface area contributed by atoms with E-state index in [4.69, 9.17) is 9.84 Å². The lowest BCUT2D eigenvalue weighted by Gasteiger charge is -2.05. The molecule has 6 nitrogen and oxygen atoms in total. The van der Waals surface area contributed by atoms with Crippen LogP contribution in [0.5, 0.6) is 5.75 Å². The largest absolute Gasteiger partial charge is 0.487 e. The van der Waals surface area contributed by atoms with E-state index < -0.39 is 11.8 Å². The number of fused-ring (bicyclic) bond motifs is 1. The first kappa shape index (κ1) is 13.0. The lowest BCUT2D eigenvalue weighted by atomic mass is 10.2. The lowest BCUT2D eigenvalue weighted by molar-refractivity contribution is 0.0692. The van der Waals surface area contributed by atoms with Gasteiger partial charge >= 0.3 is 5.97 Å². The number of carbonyl (C=O) groups is 1. The summed E-state index contributed by atoms with van der Waals surface area (Å²) in [6.45, 7) is 0.134. The second kappa shape index (κ2) is 5.20. The molecule has 0 bridgehead atoms. The van der Waals surface area contributed by atoms with E-state index in [0.29, 0.717) is 11.5 Å². The van der Waals surface area contributed by atoms with E-state index >= 15 is 0 Å². The zero-order valence-electron chi connectivity index (χ0n) is 10.7. The molecule has 7 heteroatoms. The highest BCUT2D eigenvalue weighted by Crippen LogP contribution is 2.18. The second-order valence-corrected chi connectivity index (χ2v) is 4.29. The molecule has 3 rings (SSSR count). The zero-order chi connectivity index (χ0) is 14.8. The number of halogens is 1. The smallest absolute Gasteiger partial charge is 0.338 e. The van der Waals surface area contributed by atoms with Gasteiger partial charge in [0.1, 0.15) is 18.2 Å². The van der Waals surface area contributed by atoms with Crippen molar-refractivity contribution in [2.24, 2.45) is 0 Å². The third-order valence-corrected chi connectivity index (χ3v) is 2.84. The van der Waals surface area contributed by atoms with E-state index in [9.17, 15) is 9.18 Å². The molecule has 0 atom stereocenters. The van der Waals surface area contributed by atoms with Gasteiger partial charge < -0.3 is 9.84 Å². The Morgan fingerprint density at radius 1 is 1.43 bits per heavy atom. The van der Waals surface area contributed by atoms with E-state index in [1.807, 2.05) is 0 Å². The molecule has 0 amide bonds. The zero-order valence-corrected chi connectivity index (χ0v) is 10.7. The van der Waals surface area contributed by atoms with Crippen molar-refractivity contribution in [2.75, 3.05) is 0 Å². The fraction of sp³-hybridized carbons (Fsp3) is 0.0714. The summed E-state index contributed by atoms with van der Waals surface area (Å²) in [6.07, 6.45) is 5.19. The van der Waals surface area contributed by atoms with Crippen LogP contribution in [0, 0.1) is 5.82 Å². The monoisotopic (exact) mass is 287 g/mol. The summed E-state index contributed by atoms with van der Waals surface area (Å²) in [6, 6.07) is 5.38. The molecule has 0 aliphatic rings. The van der Waals surface area contributed by atoms with Crippen molar-refractivity contribution in [3.8, 4) is 5.75 Å². The van der Waals surface area contributed by atoms with Gasteiger partial charge in [0, 0.05) is 24.7 Å². The molecular weight excluding hydrogens is 277 g/mol. The van der Waals surface area contributed by atoms with Gasteiger partial charge in [0.15, 0.2) is 0 Å². The van der Waals surface area contributed by atoms with Crippen molar-refractivity contribution in [3.63, 3.8) is 0 Å². The van der Waals surface area contributed by atoms with Gasteiger partial charge in [-0.15, -0.1) is 0 Å². The van der Waals surface area contributed by atoms with Crippen LogP contribution in [0.25, 0.3) is 5.78 Å². The van der Waals surface area contributed by atoms with E-state index in [1.54, 1.807) is 29.1 Å². The highest BCUT2D eigenvalue weighted by Gasteiger charge is 2.11. The van der Waals surface area contributed by atoms with Gasteiger partial charge in [-0.25, -0.2) is 19.2 Å². The molecule has 0 fully saturated rings. The van der Waals surface area contributed by atoms with Crippen molar-refractivity contribution in [3.05, 3.63) is 59.9 Å². The predicted octanol–water partition coefficient (Wildman–Crippen LogP) is 2.15. The van der Waals surface area contributed by atoms with Gasteiger partial charge in [-0.1, -0.05) is 0 Å². The normalized spacial score (nSPS) is 10.7. The summed E-state index contributed by atoms with van der Waals surface area (Å²) < 4.78 is 20.6. The number of benzene rings is 1. The summed E-state index contributed by atoms with van der Waals surface area (Å²) in [5.41, 5.74) is 0.246. The standard InChI is InChI=1S/C14H10FN3O3/c15-12-6-10(2-3-11(12)13(19)20)21-8-9-7-18-5-1-4-16-14(18)17-9/h1-7H,8H2,(H,19,20). The third kappa shape index (κ3) is 2.66. The molecule has 2 heterocycles. The molecule has 1 aromatic carbocycles. The minimum Gasteiger partial charge on any atom is -0.487 e. The first-order chi connectivity index (χ1) is 10.1. The summed E-state index contributed by atoms with van der Waals surface area (Å²) in [5.74, 6) is -1.37. The number of hydrogen-bond donors (Lipinski definition) is 1. The Bertz CT molecular complexity index is 783. The summed E-state index contributed by atoms with van der Waals surface area (Å²) in [7, 11) is 0. The van der Waals surface area contributed by atoms with Crippen LogP contribution in [-0.4, -0.2) is 25.4 Å². The molecule has 0 unspecified atom stereocenters. The highest BCUT2D eigenvalue weighted by atomic mass is 19.1. The Balaban J connectivity index is 1.75. The van der Waals surface area contributed by atoms with Crippen LogP contribution < -0.4 is 4.74 Å². The van der Waals surface area contributed by atoms with Crippen molar-refractivity contribution in [2.45, 2.75) is 6.61 Å². The maximum Gasteiger partial charge on any atom is 0.338 e. The Hall–Kier alpha value is -2.96. The Kier molecular flexibility index (Phi) is 3.23. The fourth-order valence-electron chi connectivity index (χ4n) is 1.87. The van der Waals surface area contributed by atoms with E-state index in [-0.39, 0.29) is 17.9 Å². The molecular formula is C14H10FN3O3. The van der Waals surface area contributed by atoms with Crippen LogP contribution in [0.1, 0.15) is 16.1 Å². The molecule has 0 aliphatic heterocycles. The topological polar surface area (TPSA) is 76.7 Å². The first-order valence-electron chi connectivity index (χ1n) is 6.08. The van der Waals surface area contributed by atoms with Crippen molar-refractivity contribution in [1.82, 2.24) is 14.4 Å². The van der Waals surface area contributed by atoms with Crippen LogP contribution >= 0.6 is 0 Å². The van der Waals surface area contributed by atoms with Gasteiger partial charge in [-0.3, -0.25) is 4.40 Å².